The van der Waals surface area contributed by atoms with Crippen molar-refractivity contribution in [2.24, 2.45) is 11.8 Å². The van der Waals surface area contributed by atoms with Crippen molar-refractivity contribution >= 4 is 9.84 Å². The molecule has 3 saturated heterocycles. The lowest BCUT2D eigenvalue weighted by molar-refractivity contribution is -0.144. The van der Waals surface area contributed by atoms with Crippen LogP contribution in [0, 0.1) is 11.8 Å². The molecular formula is C30H46O9S. The van der Waals surface area contributed by atoms with Gasteiger partial charge in [-0.2, -0.15) is 0 Å². The minimum absolute atomic E-state index is 0.0973. The van der Waals surface area contributed by atoms with Gasteiger partial charge >= 0.3 is 0 Å². The summed E-state index contributed by atoms with van der Waals surface area (Å²) >= 11 is 0. The van der Waals surface area contributed by atoms with Crippen LogP contribution in [0.2, 0.25) is 0 Å². The maximum Gasteiger partial charge on any atom is 0.178 e. The van der Waals surface area contributed by atoms with E-state index in [4.69, 9.17) is 23.7 Å². The van der Waals surface area contributed by atoms with Gasteiger partial charge in [0.05, 0.1) is 66.6 Å². The lowest BCUT2D eigenvalue weighted by Crippen LogP contribution is -2.40. The van der Waals surface area contributed by atoms with Gasteiger partial charge < -0.3 is 33.9 Å². The second kappa shape index (κ2) is 13.3. The van der Waals surface area contributed by atoms with E-state index in [1.807, 2.05) is 13.8 Å². The predicted octanol–water partition coefficient (Wildman–Crippen LogP) is 3.27. The second-order valence-corrected chi connectivity index (χ2v) is 14.0. The van der Waals surface area contributed by atoms with Crippen LogP contribution in [0.4, 0.5) is 0 Å². The van der Waals surface area contributed by atoms with E-state index in [0.717, 1.165) is 12.0 Å². The molecule has 0 amide bonds. The summed E-state index contributed by atoms with van der Waals surface area (Å²) in [5, 5.41) is 19.0. The van der Waals surface area contributed by atoms with Gasteiger partial charge in [-0.15, -0.1) is 0 Å². The first-order chi connectivity index (χ1) is 18.9. The minimum Gasteiger partial charge on any atom is -0.394 e. The van der Waals surface area contributed by atoms with Crippen molar-refractivity contribution in [2.75, 3.05) is 26.1 Å². The van der Waals surface area contributed by atoms with Gasteiger partial charge in [-0.1, -0.05) is 31.7 Å². The van der Waals surface area contributed by atoms with E-state index in [0.29, 0.717) is 32.3 Å². The average Bonchev–Trinajstić information content (AvgIpc) is 3.42. The first-order valence-electron chi connectivity index (χ1n) is 14.3. The Kier molecular flexibility index (Phi) is 10.5. The molecule has 0 aliphatic carbocycles. The molecule has 9 nitrogen and oxygen atoms in total. The molecule has 1 aromatic carbocycles. The fraction of sp³-hybridized carbons (Fsp3) is 0.733. The highest BCUT2D eigenvalue weighted by atomic mass is 32.2. The van der Waals surface area contributed by atoms with Crippen molar-refractivity contribution in [1.29, 1.82) is 0 Å². The average molecular weight is 583 g/mol. The van der Waals surface area contributed by atoms with Gasteiger partial charge in [-0.3, -0.25) is 0 Å². The summed E-state index contributed by atoms with van der Waals surface area (Å²) in [6.45, 7) is 10.3. The van der Waals surface area contributed by atoms with E-state index in [9.17, 15) is 18.6 Å². The first kappa shape index (κ1) is 31.6. The van der Waals surface area contributed by atoms with Crippen LogP contribution in [0.3, 0.4) is 0 Å². The molecular weight excluding hydrogens is 536 g/mol. The number of methoxy groups -OCH3 is 1. The van der Waals surface area contributed by atoms with Crippen molar-refractivity contribution in [1.82, 2.24) is 0 Å². The van der Waals surface area contributed by atoms with Crippen LogP contribution < -0.4 is 0 Å². The van der Waals surface area contributed by atoms with Crippen molar-refractivity contribution in [3.63, 3.8) is 0 Å². The normalized spacial score (nSPS) is 35.2. The molecule has 226 valence electrons. The largest absolute Gasteiger partial charge is 0.394 e. The summed E-state index contributed by atoms with van der Waals surface area (Å²) in [5.74, 6) is -1.03. The SMILES string of the molecule is C=C1C(C[C@@H]2O[C@H](CC3COC(C)(C)O3)[C@H](OC)C2CS(=O)(=O)c2ccccc2)O[C@@H](CC[C@H](O)CO)C[C@H]1C. The molecule has 2 N–H and O–H groups in total. The van der Waals surface area contributed by atoms with Crippen molar-refractivity contribution < 1.29 is 42.3 Å². The molecule has 0 bridgehead atoms. The lowest BCUT2D eigenvalue weighted by Gasteiger charge is -2.38. The third-order valence-corrected chi connectivity index (χ3v) is 10.3. The molecule has 3 aliphatic rings. The maximum atomic E-state index is 13.5. The van der Waals surface area contributed by atoms with Gasteiger partial charge in [0.1, 0.15) is 0 Å². The number of hydrogen-bond donors (Lipinski definition) is 2. The molecule has 10 heteroatoms. The Morgan fingerprint density at radius 2 is 1.85 bits per heavy atom. The fourth-order valence-electron chi connectivity index (χ4n) is 6.27. The van der Waals surface area contributed by atoms with Crippen molar-refractivity contribution in [3.8, 4) is 0 Å². The van der Waals surface area contributed by atoms with Gasteiger partial charge in [0.15, 0.2) is 15.6 Å². The summed E-state index contributed by atoms with van der Waals surface area (Å²) in [4.78, 5) is 0.274. The Morgan fingerprint density at radius 1 is 1.12 bits per heavy atom. The molecule has 3 unspecified atom stereocenters. The highest BCUT2D eigenvalue weighted by Crippen LogP contribution is 2.41. The van der Waals surface area contributed by atoms with Crippen molar-refractivity contribution in [2.45, 2.75) is 106 Å². The van der Waals surface area contributed by atoms with Crippen molar-refractivity contribution in [3.05, 3.63) is 42.5 Å². The van der Waals surface area contributed by atoms with Crippen LogP contribution in [0.1, 0.15) is 52.9 Å². The zero-order chi connectivity index (χ0) is 29.1. The van der Waals surface area contributed by atoms with E-state index in [1.165, 1.54) is 0 Å². The van der Waals surface area contributed by atoms with E-state index >= 15 is 0 Å². The van der Waals surface area contributed by atoms with Crippen LogP contribution >= 0.6 is 0 Å². The fourth-order valence-corrected chi connectivity index (χ4v) is 7.94. The van der Waals surface area contributed by atoms with E-state index in [2.05, 4.69) is 13.5 Å². The Bertz CT molecular complexity index is 1080. The molecule has 0 saturated carbocycles. The van der Waals surface area contributed by atoms with Gasteiger partial charge in [0.2, 0.25) is 0 Å². The summed E-state index contributed by atoms with van der Waals surface area (Å²) in [6.07, 6.45) is 0.138. The molecule has 3 fully saturated rings. The van der Waals surface area contributed by atoms with Gasteiger partial charge in [-0.25, -0.2) is 8.42 Å². The van der Waals surface area contributed by atoms with Gasteiger partial charge in [0, 0.05) is 25.9 Å². The van der Waals surface area contributed by atoms with Crippen LogP contribution in [0.15, 0.2) is 47.4 Å². The number of benzene rings is 1. The maximum absolute atomic E-state index is 13.5. The van der Waals surface area contributed by atoms with Gasteiger partial charge in [-0.05, 0) is 56.7 Å². The molecule has 3 aliphatic heterocycles. The number of aliphatic hydroxyl groups excluding tert-OH is 2. The number of ether oxygens (including phenoxy) is 5. The summed E-state index contributed by atoms with van der Waals surface area (Å²) in [5.41, 5.74) is 0.957. The van der Waals surface area contributed by atoms with Crippen LogP contribution in [-0.2, 0) is 33.5 Å². The summed E-state index contributed by atoms with van der Waals surface area (Å²) < 4.78 is 57.8. The molecule has 4 rings (SSSR count). The highest BCUT2D eigenvalue weighted by Gasteiger charge is 2.50. The number of sulfone groups is 1. The lowest BCUT2D eigenvalue weighted by atomic mass is 9.83. The molecule has 0 spiro atoms. The molecule has 0 aromatic heterocycles. The van der Waals surface area contributed by atoms with E-state index < -0.39 is 39.9 Å². The Balaban J connectivity index is 1.54. The summed E-state index contributed by atoms with van der Waals surface area (Å²) in [6, 6.07) is 8.47. The van der Waals surface area contributed by atoms with E-state index in [-0.39, 0.29) is 47.6 Å². The molecule has 3 heterocycles. The topological polar surface area (TPSA) is 121 Å². The zero-order valence-corrected chi connectivity index (χ0v) is 24.9. The standard InChI is InChI=1S/C30H46O9S/c1-19-13-22(12-11-21(32)16-31)37-26(20(19)2)15-27-25(18-40(33,34)24-9-7-6-8-10-24)29(35-5)28(38-27)14-23-17-36-30(3,4)39-23/h6-10,19,21-23,25-29,31-32H,2,11-18H2,1,3-5H3/t19-,21+,22+,23?,25?,26?,27+,28-,29-/m1/s1. The van der Waals surface area contributed by atoms with Gasteiger partial charge in [0.25, 0.3) is 0 Å². The first-order valence-corrected chi connectivity index (χ1v) is 16.0. The van der Waals surface area contributed by atoms with E-state index in [1.54, 1.807) is 37.4 Å². The zero-order valence-electron chi connectivity index (χ0n) is 24.1. The van der Waals surface area contributed by atoms with Crippen LogP contribution in [-0.4, -0.2) is 93.2 Å². The number of aliphatic hydroxyl groups is 2. The minimum atomic E-state index is -3.62. The quantitative estimate of drug-likeness (QED) is 0.358. The summed E-state index contributed by atoms with van der Waals surface area (Å²) in [7, 11) is -2.02. The smallest absolute Gasteiger partial charge is 0.178 e. The third kappa shape index (κ3) is 7.72. The molecule has 0 radical (unpaired) electrons. The highest BCUT2D eigenvalue weighted by molar-refractivity contribution is 7.91. The molecule has 40 heavy (non-hydrogen) atoms. The Hall–Kier alpha value is -1.37. The van der Waals surface area contributed by atoms with Crippen LogP contribution in [0.25, 0.3) is 0 Å². The predicted molar refractivity (Wildman–Crippen MR) is 149 cm³/mol. The second-order valence-electron chi connectivity index (χ2n) is 12.0. The molecule has 1 aromatic rings. The third-order valence-electron chi connectivity index (χ3n) is 8.46. The number of hydrogen-bond acceptors (Lipinski definition) is 9. The molecule has 9 atom stereocenters. The van der Waals surface area contributed by atoms with Crippen LogP contribution in [0.5, 0.6) is 0 Å². The number of rotatable bonds is 12. The monoisotopic (exact) mass is 582 g/mol. The Labute approximate surface area is 238 Å². The Morgan fingerprint density at radius 3 is 2.48 bits per heavy atom.